The standard InChI is InChI=1S/C17H14N6O10/c1-9(19-17(25)11-4-14(22(30)31)7-15(5-11)23(32)33)8-18-16(24)10-2-12(20(26)27)6-13(3-10)21(28)29/h2-7,9H,8H2,1H3,(H,18,24)(H,19,25). The number of nitrogens with zero attached hydrogens (tertiary/aromatic N) is 4. The monoisotopic (exact) mass is 462 g/mol. The first-order chi connectivity index (χ1) is 15.4. The molecule has 2 N–H and O–H groups in total. The molecule has 172 valence electrons. The molecule has 0 spiro atoms. The van der Waals surface area contributed by atoms with Crippen molar-refractivity contribution in [3.63, 3.8) is 0 Å². The van der Waals surface area contributed by atoms with Gasteiger partial charge in [0.05, 0.1) is 43.0 Å². The van der Waals surface area contributed by atoms with Crippen molar-refractivity contribution in [2.75, 3.05) is 6.54 Å². The van der Waals surface area contributed by atoms with Gasteiger partial charge >= 0.3 is 0 Å². The smallest absolute Gasteiger partial charge is 0.277 e. The summed E-state index contributed by atoms with van der Waals surface area (Å²) in [4.78, 5) is 64.7. The number of rotatable bonds is 9. The van der Waals surface area contributed by atoms with Crippen molar-refractivity contribution in [2.45, 2.75) is 13.0 Å². The fourth-order valence-electron chi connectivity index (χ4n) is 2.58. The van der Waals surface area contributed by atoms with Gasteiger partial charge in [0, 0.05) is 36.9 Å². The molecule has 1 atom stereocenters. The van der Waals surface area contributed by atoms with Gasteiger partial charge in [-0.25, -0.2) is 0 Å². The van der Waals surface area contributed by atoms with Crippen molar-refractivity contribution in [3.8, 4) is 0 Å². The minimum absolute atomic E-state index is 0.238. The highest BCUT2D eigenvalue weighted by atomic mass is 16.6. The number of nitro groups is 4. The highest BCUT2D eigenvalue weighted by Crippen LogP contribution is 2.23. The molecular weight excluding hydrogens is 448 g/mol. The van der Waals surface area contributed by atoms with Crippen LogP contribution in [0.1, 0.15) is 27.6 Å². The van der Waals surface area contributed by atoms with Crippen LogP contribution < -0.4 is 10.6 Å². The molecular formula is C17H14N6O10. The SMILES string of the molecule is CC(CNC(=O)c1cc([N+](=O)[O-])cc([N+](=O)[O-])c1)NC(=O)c1cc([N+](=O)[O-])cc([N+](=O)[O-])c1. The number of hydrogen-bond acceptors (Lipinski definition) is 10. The van der Waals surface area contributed by atoms with Crippen LogP contribution >= 0.6 is 0 Å². The van der Waals surface area contributed by atoms with E-state index < -0.39 is 60.3 Å². The van der Waals surface area contributed by atoms with Gasteiger partial charge in [-0.15, -0.1) is 0 Å². The molecule has 2 amide bonds. The number of carbonyl (C=O) groups excluding carboxylic acids is 2. The maximum atomic E-state index is 12.3. The van der Waals surface area contributed by atoms with E-state index in [0.717, 1.165) is 24.3 Å². The van der Waals surface area contributed by atoms with Crippen LogP contribution in [0.15, 0.2) is 36.4 Å². The van der Waals surface area contributed by atoms with Gasteiger partial charge < -0.3 is 10.6 Å². The zero-order chi connectivity index (χ0) is 24.9. The zero-order valence-electron chi connectivity index (χ0n) is 16.6. The maximum Gasteiger partial charge on any atom is 0.277 e. The van der Waals surface area contributed by atoms with E-state index >= 15 is 0 Å². The Balaban J connectivity index is 2.11. The summed E-state index contributed by atoms with van der Waals surface area (Å²) in [6.45, 7) is 1.19. The summed E-state index contributed by atoms with van der Waals surface area (Å²) >= 11 is 0. The fraction of sp³-hybridized carbons (Fsp3) is 0.176. The molecule has 33 heavy (non-hydrogen) atoms. The molecule has 0 saturated carbocycles. The van der Waals surface area contributed by atoms with Crippen LogP contribution in [0.25, 0.3) is 0 Å². The number of hydrogen-bond donors (Lipinski definition) is 2. The summed E-state index contributed by atoms with van der Waals surface area (Å²) in [6, 6.07) is 3.96. The average Bonchev–Trinajstić information content (AvgIpc) is 2.76. The third-order valence-corrected chi connectivity index (χ3v) is 4.12. The normalized spacial score (nSPS) is 11.2. The molecule has 2 rings (SSSR count). The predicted molar refractivity (Wildman–Crippen MR) is 109 cm³/mol. The van der Waals surface area contributed by atoms with E-state index in [0.29, 0.717) is 12.1 Å². The Morgan fingerprint density at radius 1 is 0.697 bits per heavy atom. The van der Waals surface area contributed by atoms with Gasteiger partial charge in [-0.05, 0) is 6.92 Å². The number of nitro benzene ring substituents is 4. The molecule has 0 fully saturated rings. The first-order valence-corrected chi connectivity index (χ1v) is 8.86. The zero-order valence-corrected chi connectivity index (χ0v) is 16.6. The van der Waals surface area contributed by atoms with Crippen LogP contribution in [0.4, 0.5) is 22.7 Å². The summed E-state index contributed by atoms with van der Waals surface area (Å²) < 4.78 is 0. The van der Waals surface area contributed by atoms with E-state index in [4.69, 9.17) is 0 Å². The van der Waals surface area contributed by atoms with Crippen molar-refractivity contribution in [2.24, 2.45) is 0 Å². The summed E-state index contributed by atoms with van der Waals surface area (Å²) in [7, 11) is 0. The molecule has 0 aromatic heterocycles. The Labute approximate surface area is 182 Å². The first kappa shape index (κ1) is 24.3. The lowest BCUT2D eigenvalue weighted by Gasteiger charge is -2.15. The average molecular weight is 462 g/mol. The van der Waals surface area contributed by atoms with Gasteiger partial charge in [-0.1, -0.05) is 0 Å². The highest BCUT2D eigenvalue weighted by molar-refractivity contribution is 5.96. The molecule has 0 radical (unpaired) electrons. The van der Waals surface area contributed by atoms with Crippen LogP contribution in [-0.4, -0.2) is 44.1 Å². The van der Waals surface area contributed by atoms with Gasteiger partial charge in [0.25, 0.3) is 34.6 Å². The van der Waals surface area contributed by atoms with E-state index in [1.54, 1.807) is 0 Å². The van der Waals surface area contributed by atoms with Gasteiger partial charge in [-0.2, -0.15) is 0 Å². The Kier molecular flexibility index (Phi) is 7.24. The van der Waals surface area contributed by atoms with Crippen molar-refractivity contribution in [1.82, 2.24) is 10.6 Å². The number of amides is 2. The van der Waals surface area contributed by atoms with E-state index in [-0.39, 0.29) is 17.7 Å². The molecule has 0 aliphatic rings. The molecule has 0 aliphatic heterocycles. The topological polar surface area (TPSA) is 231 Å². The van der Waals surface area contributed by atoms with Crippen molar-refractivity contribution in [1.29, 1.82) is 0 Å². The van der Waals surface area contributed by atoms with E-state index in [9.17, 15) is 50.0 Å². The molecule has 16 heteroatoms. The molecule has 2 aromatic carbocycles. The lowest BCUT2D eigenvalue weighted by molar-refractivity contribution is -0.394. The van der Waals surface area contributed by atoms with E-state index in [2.05, 4.69) is 10.6 Å². The molecule has 2 aromatic rings. The number of non-ortho nitro benzene ring substituents is 4. The van der Waals surface area contributed by atoms with Crippen LogP contribution in [0.2, 0.25) is 0 Å². The summed E-state index contributed by atoms with van der Waals surface area (Å²) in [5, 5.41) is 48.4. The first-order valence-electron chi connectivity index (χ1n) is 8.86. The number of nitrogens with one attached hydrogen (secondary N) is 2. The Morgan fingerprint density at radius 3 is 1.36 bits per heavy atom. The molecule has 0 heterocycles. The molecule has 0 bridgehead atoms. The number of benzene rings is 2. The molecule has 0 aliphatic carbocycles. The summed E-state index contributed by atoms with van der Waals surface area (Å²) in [5.74, 6) is -1.79. The van der Waals surface area contributed by atoms with Crippen molar-refractivity contribution < 1.29 is 29.3 Å². The second kappa shape index (κ2) is 9.86. The van der Waals surface area contributed by atoms with Crippen LogP contribution in [0, 0.1) is 40.5 Å². The third-order valence-electron chi connectivity index (χ3n) is 4.12. The summed E-state index contributed by atoms with van der Waals surface area (Å²) in [6.07, 6.45) is 0. The van der Waals surface area contributed by atoms with Crippen molar-refractivity contribution >= 4 is 34.6 Å². The second-order valence-corrected chi connectivity index (χ2v) is 6.59. The molecule has 16 nitrogen and oxygen atoms in total. The summed E-state index contributed by atoms with van der Waals surface area (Å²) in [5.41, 5.74) is -3.37. The van der Waals surface area contributed by atoms with Gasteiger partial charge in [0.1, 0.15) is 0 Å². The number of carbonyl (C=O) groups is 2. The lowest BCUT2D eigenvalue weighted by Crippen LogP contribution is -2.41. The Bertz CT molecular complexity index is 1120. The molecule has 0 saturated heterocycles. The second-order valence-electron chi connectivity index (χ2n) is 6.59. The lowest BCUT2D eigenvalue weighted by atomic mass is 10.1. The maximum absolute atomic E-state index is 12.3. The fourth-order valence-corrected chi connectivity index (χ4v) is 2.58. The van der Waals surface area contributed by atoms with Crippen LogP contribution in [0.3, 0.4) is 0 Å². The minimum atomic E-state index is -0.898. The van der Waals surface area contributed by atoms with E-state index in [1.807, 2.05) is 0 Å². The van der Waals surface area contributed by atoms with Crippen LogP contribution in [-0.2, 0) is 0 Å². The molecule has 1 unspecified atom stereocenters. The minimum Gasteiger partial charge on any atom is -0.350 e. The quantitative estimate of drug-likeness (QED) is 0.405. The third kappa shape index (κ3) is 6.23. The predicted octanol–water partition coefficient (Wildman–Crippen LogP) is 1.87. The van der Waals surface area contributed by atoms with Crippen molar-refractivity contribution in [3.05, 3.63) is 88.0 Å². The Morgan fingerprint density at radius 2 is 1.03 bits per heavy atom. The van der Waals surface area contributed by atoms with Gasteiger partial charge in [0.15, 0.2) is 0 Å². The van der Waals surface area contributed by atoms with Gasteiger partial charge in [0.2, 0.25) is 0 Å². The van der Waals surface area contributed by atoms with Crippen LogP contribution in [0.5, 0.6) is 0 Å². The highest BCUT2D eigenvalue weighted by Gasteiger charge is 2.22. The largest absolute Gasteiger partial charge is 0.350 e. The Hall–Kier alpha value is -5.02. The van der Waals surface area contributed by atoms with Gasteiger partial charge in [-0.3, -0.25) is 50.0 Å². The van der Waals surface area contributed by atoms with E-state index in [1.165, 1.54) is 6.92 Å².